The molecule has 1 aliphatic rings. The zero-order valence-corrected chi connectivity index (χ0v) is 16.3. The van der Waals surface area contributed by atoms with Gasteiger partial charge in [-0.15, -0.1) is 13.2 Å². The predicted octanol–water partition coefficient (Wildman–Crippen LogP) is 6.38. The standard InChI is InChI=1S/C21H16F6N4O/c22-20(23,24)15-6-1-2-7-16(15)29-18-11-17(30-19(31-18)28-13-8-9-13)12-4-3-5-14(10-12)32-21(25,26)27/h1-7,10-11,13H,8-9H2,(H2,28,29,30,31). The van der Waals surface area contributed by atoms with Crippen molar-refractivity contribution >= 4 is 17.5 Å². The molecule has 0 unspecified atom stereocenters. The van der Waals surface area contributed by atoms with Gasteiger partial charge in [0.2, 0.25) is 5.95 Å². The van der Waals surface area contributed by atoms with E-state index < -0.39 is 23.9 Å². The summed E-state index contributed by atoms with van der Waals surface area (Å²) in [7, 11) is 0. The summed E-state index contributed by atoms with van der Waals surface area (Å²) in [5.41, 5.74) is -0.600. The second-order valence-electron chi connectivity index (χ2n) is 7.12. The lowest BCUT2D eigenvalue weighted by Gasteiger charge is -2.16. The molecule has 0 atom stereocenters. The Kier molecular flexibility index (Phi) is 5.57. The quantitative estimate of drug-likeness (QED) is 0.424. The highest BCUT2D eigenvalue weighted by atomic mass is 19.4. The molecule has 1 aliphatic carbocycles. The van der Waals surface area contributed by atoms with E-state index in [1.54, 1.807) is 0 Å². The minimum absolute atomic E-state index is 0.0528. The number of nitrogens with zero attached hydrogens (tertiary/aromatic N) is 2. The van der Waals surface area contributed by atoms with E-state index in [0.717, 1.165) is 31.0 Å². The number of anilines is 3. The number of halogens is 6. The second-order valence-corrected chi connectivity index (χ2v) is 7.12. The van der Waals surface area contributed by atoms with Crippen molar-refractivity contribution in [3.63, 3.8) is 0 Å². The van der Waals surface area contributed by atoms with Crippen molar-refractivity contribution in [1.82, 2.24) is 9.97 Å². The fourth-order valence-electron chi connectivity index (χ4n) is 2.96. The van der Waals surface area contributed by atoms with Crippen LogP contribution in [0.15, 0.2) is 54.6 Å². The van der Waals surface area contributed by atoms with E-state index in [-0.39, 0.29) is 34.8 Å². The van der Waals surface area contributed by atoms with Crippen molar-refractivity contribution in [2.75, 3.05) is 10.6 Å². The van der Waals surface area contributed by atoms with Crippen molar-refractivity contribution in [2.45, 2.75) is 31.4 Å². The summed E-state index contributed by atoms with van der Waals surface area (Å²) in [6.07, 6.45) is -7.67. The van der Waals surface area contributed by atoms with E-state index in [4.69, 9.17) is 0 Å². The van der Waals surface area contributed by atoms with Gasteiger partial charge in [-0.3, -0.25) is 0 Å². The van der Waals surface area contributed by atoms with Gasteiger partial charge in [0, 0.05) is 17.7 Å². The Labute approximate surface area is 178 Å². The number of alkyl halides is 6. The molecule has 2 aromatic carbocycles. The minimum Gasteiger partial charge on any atom is -0.406 e. The van der Waals surface area contributed by atoms with Gasteiger partial charge in [-0.1, -0.05) is 24.3 Å². The first-order chi connectivity index (χ1) is 15.1. The number of ether oxygens (including phenoxy) is 1. The average Bonchev–Trinajstić information content (AvgIpc) is 3.50. The highest BCUT2D eigenvalue weighted by molar-refractivity contribution is 5.69. The molecule has 0 aliphatic heterocycles. The molecule has 0 spiro atoms. The summed E-state index contributed by atoms with van der Waals surface area (Å²) in [5, 5.41) is 5.71. The number of hydrogen-bond donors (Lipinski definition) is 2. The number of benzene rings is 2. The van der Waals surface area contributed by atoms with Crippen LogP contribution in [0, 0.1) is 0 Å². The molecule has 1 saturated carbocycles. The molecule has 0 saturated heterocycles. The number of para-hydroxylation sites is 1. The third-order valence-corrected chi connectivity index (χ3v) is 4.50. The Morgan fingerprint density at radius 3 is 2.31 bits per heavy atom. The number of aromatic nitrogens is 2. The van der Waals surface area contributed by atoms with E-state index in [1.165, 1.54) is 36.4 Å². The molecule has 1 heterocycles. The van der Waals surface area contributed by atoms with Crippen LogP contribution in [0.1, 0.15) is 18.4 Å². The van der Waals surface area contributed by atoms with E-state index in [0.29, 0.717) is 0 Å². The van der Waals surface area contributed by atoms with Gasteiger partial charge < -0.3 is 15.4 Å². The first kappa shape index (κ1) is 21.7. The summed E-state index contributed by atoms with van der Waals surface area (Å²) in [6, 6.07) is 11.6. The lowest BCUT2D eigenvalue weighted by molar-refractivity contribution is -0.274. The number of rotatable bonds is 6. The topological polar surface area (TPSA) is 59.1 Å². The van der Waals surface area contributed by atoms with Crippen LogP contribution in [-0.2, 0) is 6.18 Å². The normalized spacial score (nSPS) is 14.2. The predicted molar refractivity (Wildman–Crippen MR) is 106 cm³/mol. The molecule has 0 radical (unpaired) electrons. The van der Waals surface area contributed by atoms with Crippen LogP contribution >= 0.6 is 0 Å². The van der Waals surface area contributed by atoms with Gasteiger partial charge in [0.15, 0.2) is 0 Å². The molecule has 168 valence electrons. The van der Waals surface area contributed by atoms with Crippen LogP contribution in [0.4, 0.5) is 43.8 Å². The van der Waals surface area contributed by atoms with Crippen molar-refractivity contribution in [3.8, 4) is 17.0 Å². The molecular weight excluding hydrogens is 438 g/mol. The number of hydrogen-bond acceptors (Lipinski definition) is 5. The Balaban J connectivity index is 1.71. The Morgan fingerprint density at radius 1 is 0.875 bits per heavy atom. The molecule has 5 nitrogen and oxygen atoms in total. The fourth-order valence-corrected chi connectivity index (χ4v) is 2.96. The van der Waals surface area contributed by atoms with Gasteiger partial charge in [-0.2, -0.15) is 18.2 Å². The van der Waals surface area contributed by atoms with Gasteiger partial charge in [0.25, 0.3) is 0 Å². The average molecular weight is 454 g/mol. The van der Waals surface area contributed by atoms with Crippen molar-refractivity contribution in [3.05, 3.63) is 60.2 Å². The van der Waals surface area contributed by atoms with E-state index in [2.05, 4.69) is 25.3 Å². The summed E-state index contributed by atoms with van der Waals surface area (Å²) in [6.45, 7) is 0. The molecule has 4 rings (SSSR count). The molecule has 11 heteroatoms. The molecular formula is C21H16F6N4O. The maximum Gasteiger partial charge on any atom is 0.573 e. The molecule has 1 fully saturated rings. The largest absolute Gasteiger partial charge is 0.573 e. The van der Waals surface area contributed by atoms with Crippen LogP contribution in [0.25, 0.3) is 11.3 Å². The van der Waals surface area contributed by atoms with Crippen LogP contribution < -0.4 is 15.4 Å². The van der Waals surface area contributed by atoms with Gasteiger partial charge in [-0.25, -0.2) is 4.98 Å². The molecule has 2 N–H and O–H groups in total. The Morgan fingerprint density at radius 2 is 1.62 bits per heavy atom. The Hall–Kier alpha value is -3.50. The lowest BCUT2D eigenvalue weighted by Crippen LogP contribution is -2.17. The van der Waals surface area contributed by atoms with E-state index >= 15 is 0 Å². The molecule has 1 aromatic heterocycles. The summed E-state index contributed by atoms with van der Waals surface area (Å²) >= 11 is 0. The van der Waals surface area contributed by atoms with Crippen LogP contribution in [0.2, 0.25) is 0 Å². The molecule has 0 bridgehead atoms. The molecule has 32 heavy (non-hydrogen) atoms. The van der Waals surface area contributed by atoms with Gasteiger partial charge in [0.1, 0.15) is 11.6 Å². The monoisotopic (exact) mass is 454 g/mol. The smallest absolute Gasteiger partial charge is 0.406 e. The maximum atomic E-state index is 13.3. The maximum absolute atomic E-state index is 13.3. The third-order valence-electron chi connectivity index (χ3n) is 4.50. The highest BCUT2D eigenvalue weighted by Gasteiger charge is 2.33. The number of nitrogens with one attached hydrogen (secondary N) is 2. The highest BCUT2D eigenvalue weighted by Crippen LogP contribution is 2.36. The van der Waals surface area contributed by atoms with Crippen LogP contribution in [0.3, 0.4) is 0 Å². The molecule has 3 aromatic rings. The molecule has 0 amide bonds. The zero-order valence-electron chi connectivity index (χ0n) is 16.3. The van der Waals surface area contributed by atoms with Crippen molar-refractivity contribution in [2.24, 2.45) is 0 Å². The summed E-state index contributed by atoms with van der Waals surface area (Å²) in [5.74, 6) is -0.238. The van der Waals surface area contributed by atoms with Gasteiger partial charge in [0.05, 0.1) is 16.9 Å². The lowest BCUT2D eigenvalue weighted by atomic mass is 10.1. The fraction of sp³-hybridized carbons (Fsp3) is 0.238. The van der Waals surface area contributed by atoms with Gasteiger partial charge >= 0.3 is 12.5 Å². The summed E-state index contributed by atoms with van der Waals surface area (Å²) in [4.78, 5) is 8.54. The van der Waals surface area contributed by atoms with Crippen molar-refractivity contribution in [1.29, 1.82) is 0 Å². The first-order valence-corrected chi connectivity index (χ1v) is 9.52. The van der Waals surface area contributed by atoms with Crippen LogP contribution in [0.5, 0.6) is 5.75 Å². The Bertz CT molecular complexity index is 1110. The second kappa shape index (κ2) is 8.21. The van der Waals surface area contributed by atoms with E-state index in [9.17, 15) is 26.3 Å². The third kappa shape index (κ3) is 5.59. The first-order valence-electron chi connectivity index (χ1n) is 9.52. The minimum atomic E-state index is -4.86. The SMILES string of the molecule is FC(F)(F)Oc1cccc(-c2cc(Nc3ccccc3C(F)(F)F)nc(NC3CC3)n2)c1. The van der Waals surface area contributed by atoms with Crippen LogP contribution in [-0.4, -0.2) is 22.4 Å². The van der Waals surface area contributed by atoms with E-state index in [1.807, 2.05) is 0 Å². The summed E-state index contributed by atoms with van der Waals surface area (Å²) < 4.78 is 81.7. The van der Waals surface area contributed by atoms with Crippen molar-refractivity contribution < 1.29 is 31.1 Å². The van der Waals surface area contributed by atoms with Gasteiger partial charge in [-0.05, 0) is 37.1 Å². The zero-order chi connectivity index (χ0) is 22.9.